The zero-order chi connectivity index (χ0) is 13.8. The maximum atomic E-state index is 4.35. The average molecular weight is 267 g/mol. The summed E-state index contributed by atoms with van der Waals surface area (Å²) in [6.07, 6.45) is 4.28. The normalized spacial score (nSPS) is 14.6. The van der Waals surface area contributed by atoms with Crippen LogP contribution in [0.2, 0.25) is 0 Å². The van der Waals surface area contributed by atoms with Crippen molar-refractivity contribution < 1.29 is 0 Å². The van der Waals surface area contributed by atoms with Crippen molar-refractivity contribution in [2.24, 2.45) is 0 Å². The Kier molecular flexibility index (Phi) is 3.86. The molecular formula is C17H21N3. The summed E-state index contributed by atoms with van der Waals surface area (Å²) in [7, 11) is 0. The van der Waals surface area contributed by atoms with Gasteiger partial charge in [0.2, 0.25) is 0 Å². The van der Waals surface area contributed by atoms with E-state index in [4.69, 9.17) is 0 Å². The van der Waals surface area contributed by atoms with Gasteiger partial charge in [-0.25, -0.2) is 4.98 Å². The van der Waals surface area contributed by atoms with E-state index < -0.39 is 0 Å². The van der Waals surface area contributed by atoms with Crippen LogP contribution in [-0.4, -0.2) is 18.1 Å². The Hall–Kier alpha value is -2.03. The smallest absolute Gasteiger partial charge is 0.127 e. The van der Waals surface area contributed by atoms with E-state index in [0.717, 1.165) is 25.5 Å². The fourth-order valence-corrected chi connectivity index (χ4v) is 2.81. The molecule has 0 spiro atoms. The molecule has 1 N–H and O–H groups in total. The second-order valence-corrected chi connectivity index (χ2v) is 5.22. The minimum atomic E-state index is 0.902. The molecule has 2 heterocycles. The number of benzene rings is 1. The van der Waals surface area contributed by atoms with Crippen LogP contribution in [0.5, 0.6) is 0 Å². The third-order valence-corrected chi connectivity index (χ3v) is 3.82. The van der Waals surface area contributed by atoms with Crippen molar-refractivity contribution in [3.05, 3.63) is 53.7 Å². The highest BCUT2D eigenvalue weighted by molar-refractivity contribution is 5.54. The second-order valence-electron chi connectivity index (χ2n) is 5.22. The maximum absolute atomic E-state index is 4.35. The summed E-state index contributed by atoms with van der Waals surface area (Å²) < 4.78 is 0. The third-order valence-electron chi connectivity index (χ3n) is 3.82. The third kappa shape index (κ3) is 2.77. The molecule has 0 saturated heterocycles. The van der Waals surface area contributed by atoms with E-state index in [-0.39, 0.29) is 0 Å². The molecule has 0 saturated carbocycles. The minimum Gasteiger partial charge on any atom is -0.370 e. The number of nitrogens with zero attached hydrogens (tertiary/aromatic N) is 2. The van der Waals surface area contributed by atoms with Gasteiger partial charge in [0, 0.05) is 37.6 Å². The van der Waals surface area contributed by atoms with Gasteiger partial charge in [0.25, 0.3) is 0 Å². The predicted octanol–water partition coefficient (Wildman–Crippen LogP) is 3.47. The summed E-state index contributed by atoms with van der Waals surface area (Å²) in [4.78, 5) is 6.81. The summed E-state index contributed by atoms with van der Waals surface area (Å²) in [5.41, 5.74) is 4.20. The van der Waals surface area contributed by atoms with E-state index in [1.807, 2.05) is 6.20 Å². The van der Waals surface area contributed by atoms with Crippen LogP contribution < -0.4 is 10.2 Å². The lowest BCUT2D eigenvalue weighted by molar-refractivity contribution is 0.765. The molecule has 1 aromatic carbocycles. The van der Waals surface area contributed by atoms with Gasteiger partial charge >= 0.3 is 0 Å². The lowest BCUT2D eigenvalue weighted by Crippen LogP contribution is -2.22. The van der Waals surface area contributed by atoms with Crippen molar-refractivity contribution in [2.45, 2.75) is 26.3 Å². The Labute approximate surface area is 120 Å². The quantitative estimate of drug-likeness (QED) is 0.923. The first-order valence-electron chi connectivity index (χ1n) is 7.38. The van der Waals surface area contributed by atoms with Gasteiger partial charge < -0.3 is 10.2 Å². The molecule has 3 rings (SSSR count). The van der Waals surface area contributed by atoms with Crippen molar-refractivity contribution in [2.75, 3.05) is 23.3 Å². The Balaban J connectivity index is 1.85. The zero-order valence-electron chi connectivity index (χ0n) is 12.0. The Bertz CT molecular complexity index is 580. The Morgan fingerprint density at radius 1 is 1.20 bits per heavy atom. The van der Waals surface area contributed by atoms with E-state index >= 15 is 0 Å². The first kappa shape index (κ1) is 13.0. The molecule has 0 unspecified atom stereocenters. The van der Waals surface area contributed by atoms with Crippen LogP contribution in [0, 0.1) is 0 Å². The van der Waals surface area contributed by atoms with Crippen LogP contribution >= 0.6 is 0 Å². The standard InChI is InChI=1S/C17H21N3/c1-2-18-17-12-16(9-10-19-17)20-11-5-8-14-6-3-4-7-15(14)13-20/h3-4,6-7,9-10,12H,2,5,8,11,13H2,1H3,(H,18,19). The van der Waals surface area contributed by atoms with Crippen LogP contribution in [-0.2, 0) is 13.0 Å². The van der Waals surface area contributed by atoms with Crippen LogP contribution in [0.15, 0.2) is 42.6 Å². The van der Waals surface area contributed by atoms with Crippen LogP contribution in [0.25, 0.3) is 0 Å². The molecule has 1 aliphatic rings. The molecule has 0 amide bonds. The molecule has 0 bridgehead atoms. The van der Waals surface area contributed by atoms with Crippen molar-refractivity contribution in [3.63, 3.8) is 0 Å². The number of fused-ring (bicyclic) bond motifs is 1. The topological polar surface area (TPSA) is 28.2 Å². The molecule has 20 heavy (non-hydrogen) atoms. The summed E-state index contributed by atoms with van der Waals surface area (Å²) in [5.74, 6) is 0.961. The number of anilines is 2. The van der Waals surface area contributed by atoms with Gasteiger partial charge in [0.1, 0.15) is 5.82 Å². The number of aromatic nitrogens is 1. The minimum absolute atomic E-state index is 0.902. The number of pyridine rings is 1. The van der Waals surface area contributed by atoms with E-state index in [9.17, 15) is 0 Å². The molecule has 3 heteroatoms. The largest absolute Gasteiger partial charge is 0.370 e. The van der Waals surface area contributed by atoms with Gasteiger partial charge in [0.15, 0.2) is 0 Å². The predicted molar refractivity (Wildman–Crippen MR) is 84.2 cm³/mol. The molecular weight excluding hydrogens is 246 g/mol. The van der Waals surface area contributed by atoms with Gasteiger partial charge in [0.05, 0.1) is 0 Å². The van der Waals surface area contributed by atoms with E-state index in [0.29, 0.717) is 0 Å². The number of rotatable bonds is 3. The van der Waals surface area contributed by atoms with Gasteiger partial charge in [-0.3, -0.25) is 0 Å². The average Bonchev–Trinajstić information content (AvgIpc) is 2.70. The highest BCUT2D eigenvalue weighted by atomic mass is 15.1. The molecule has 3 nitrogen and oxygen atoms in total. The number of hydrogen-bond acceptors (Lipinski definition) is 3. The van der Waals surface area contributed by atoms with Crippen LogP contribution in [0.3, 0.4) is 0 Å². The summed E-state index contributed by atoms with van der Waals surface area (Å²) in [5, 5.41) is 3.28. The zero-order valence-corrected chi connectivity index (χ0v) is 12.0. The molecule has 0 fully saturated rings. The molecule has 104 valence electrons. The second kappa shape index (κ2) is 5.95. The lowest BCUT2D eigenvalue weighted by atomic mass is 10.0. The Morgan fingerprint density at radius 2 is 2.05 bits per heavy atom. The van der Waals surface area contributed by atoms with Crippen LogP contribution in [0.1, 0.15) is 24.5 Å². The highest BCUT2D eigenvalue weighted by Crippen LogP contribution is 2.24. The van der Waals surface area contributed by atoms with Crippen molar-refractivity contribution in [3.8, 4) is 0 Å². The van der Waals surface area contributed by atoms with E-state index in [2.05, 4.69) is 58.5 Å². The lowest BCUT2D eigenvalue weighted by Gasteiger charge is -2.23. The van der Waals surface area contributed by atoms with E-state index in [1.54, 1.807) is 0 Å². The fourth-order valence-electron chi connectivity index (χ4n) is 2.81. The molecule has 0 aliphatic carbocycles. The molecule has 1 aromatic heterocycles. The monoisotopic (exact) mass is 267 g/mol. The van der Waals surface area contributed by atoms with Crippen molar-refractivity contribution >= 4 is 11.5 Å². The molecule has 2 aromatic rings. The molecule has 0 radical (unpaired) electrons. The SMILES string of the molecule is CCNc1cc(N2CCCc3ccccc3C2)ccn1. The summed E-state index contributed by atoms with van der Waals surface area (Å²) in [6, 6.07) is 13.0. The van der Waals surface area contributed by atoms with Gasteiger partial charge in [-0.1, -0.05) is 24.3 Å². The Morgan fingerprint density at radius 3 is 2.90 bits per heavy atom. The van der Waals surface area contributed by atoms with E-state index in [1.165, 1.54) is 29.7 Å². The first-order valence-corrected chi connectivity index (χ1v) is 7.38. The number of nitrogens with one attached hydrogen (secondary N) is 1. The molecule has 0 atom stereocenters. The number of hydrogen-bond donors (Lipinski definition) is 1. The maximum Gasteiger partial charge on any atom is 0.127 e. The molecule has 1 aliphatic heterocycles. The van der Waals surface area contributed by atoms with Crippen LogP contribution in [0.4, 0.5) is 11.5 Å². The van der Waals surface area contributed by atoms with Gasteiger partial charge in [-0.2, -0.15) is 0 Å². The van der Waals surface area contributed by atoms with Gasteiger partial charge in [-0.15, -0.1) is 0 Å². The van der Waals surface area contributed by atoms with Crippen molar-refractivity contribution in [1.29, 1.82) is 0 Å². The summed E-state index contributed by atoms with van der Waals surface area (Å²) >= 11 is 0. The first-order chi connectivity index (χ1) is 9.86. The highest BCUT2D eigenvalue weighted by Gasteiger charge is 2.14. The van der Waals surface area contributed by atoms with Crippen molar-refractivity contribution in [1.82, 2.24) is 4.98 Å². The summed E-state index contributed by atoms with van der Waals surface area (Å²) in [6.45, 7) is 5.09. The number of aryl methyl sites for hydroxylation is 1. The fraction of sp³-hybridized carbons (Fsp3) is 0.353. The van der Waals surface area contributed by atoms with Gasteiger partial charge in [-0.05, 0) is 37.0 Å².